The molecule has 0 fully saturated rings. The molecule has 0 radical (unpaired) electrons. The minimum Gasteiger partial charge on any atom is -0.382 e. The molecule has 2 rings (SSSR count). The van der Waals surface area contributed by atoms with Crippen LogP contribution in [0.25, 0.3) is 11.3 Å². The zero-order valence-electron chi connectivity index (χ0n) is 9.28. The monoisotopic (exact) mass is 341 g/mol. The second-order valence-electron chi connectivity index (χ2n) is 3.53. The van der Waals surface area contributed by atoms with Gasteiger partial charge in [0.1, 0.15) is 17.5 Å². The van der Waals surface area contributed by atoms with Crippen LogP contribution in [0.1, 0.15) is 5.56 Å². The molecule has 0 atom stereocenters. The minimum atomic E-state index is -0.718. The molecule has 0 aliphatic carbocycles. The van der Waals surface area contributed by atoms with Crippen LogP contribution < -0.4 is 11.5 Å². The topological polar surface area (TPSA) is 102 Å². The molecule has 0 bridgehead atoms. The maximum Gasteiger partial charge on any atom is 0.222 e. The van der Waals surface area contributed by atoms with Crippen LogP contribution in [0.15, 0.2) is 16.6 Å². The summed E-state index contributed by atoms with van der Waals surface area (Å²) in [5.74, 6) is -0.974. The first-order valence-corrected chi connectivity index (χ1v) is 6.09. The normalized spacial score (nSPS) is 10.2. The van der Waals surface area contributed by atoms with E-state index in [9.17, 15) is 4.39 Å². The van der Waals surface area contributed by atoms with Crippen LogP contribution >= 0.6 is 27.5 Å². The van der Waals surface area contributed by atoms with Crippen LogP contribution in [0.2, 0.25) is 5.02 Å². The Morgan fingerprint density at radius 3 is 2.63 bits per heavy atom. The number of anilines is 2. The number of nitrogens with two attached hydrogens (primary N) is 2. The van der Waals surface area contributed by atoms with E-state index in [0.29, 0.717) is 4.47 Å². The van der Waals surface area contributed by atoms with Crippen LogP contribution in [0.3, 0.4) is 0 Å². The highest BCUT2D eigenvalue weighted by atomic mass is 79.9. The van der Waals surface area contributed by atoms with Crippen molar-refractivity contribution in [3.63, 3.8) is 0 Å². The maximum atomic E-state index is 14.1. The van der Waals surface area contributed by atoms with Gasteiger partial charge in [-0.1, -0.05) is 11.6 Å². The number of hydrogen-bond donors (Lipinski definition) is 2. The Morgan fingerprint density at radius 1 is 1.32 bits per heavy atom. The molecule has 96 valence electrons. The first-order chi connectivity index (χ1) is 8.95. The molecule has 1 heterocycles. The quantitative estimate of drug-likeness (QED) is 0.776. The van der Waals surface area contributed by atoms with E-state index in [1.54, 1.807) is 0 Å². The molecule has 0 saturated heterocycles. The fourth-order valence-corrected chi connectivity index (χ4v) is 1.98. The molecule has 1 aromatic heterocycles. The lowest BCUT2D eigenvalue weighted by Crippen LogP contribution is -2.05. The SMILES string of the molecule is N#Cc1c(N)nc(N)nc1-c1ccc(Br)c(Cl)c1F. The van der Waals surface area contributed by atoms with Crippen molar-refractivity contribution < 1.29 is 4.39 Å². The van der Waals surface area contributed by atoms with Crippen LogP contribution in [-0.2, 0) is 0 Å². The summed E-state index contributed by atoms with van der Waals surface area (Å²) in [5, 5.41) is 8.94. The van der Waals surface area contributed by atoms with Gasteiger partial charge in [-0.05, 0) is 28.1 Å². The third-order valence-electron chi connectivity index (χ3n) is 2.36. The molecule has 19 heavy (non-hydrogen) atoms. The van der Waals surface area contributed by atoms with E-state index < -0.39 is 5.82 Å². The molecule has 0 unspecified atom stereocenters. The Morgan fingerprint density at radius 2 is 2.00 bits per heavy atom. The molecule has 0 spiro atoms. The Kier molecular flexibility index (Phi) is 3.55. The van der Waals surface area contributed by atoms with Gasteiger partial charge in [0, 0.05) is 10.0 Å². The summed E-state index contributed by atoms with van der Waals surface area (Å²) in [6.45, 7) is 0. The van der Waals surface area contributed by atoms with Crippen molar-refractivity contribution in [3.05, 3.63) is 33.0 Å². The summed E-state index contributed by atoms with van der Waals surface area (Å²) >= 11 is 8.90. The number of nitrogens with zero attached hydrogens (tertiary/aromatic N) is 3. The molecule has 0 saturated carbocycles. The lowest BCUT2D eigenvalue weighted by molar-refractivity contribution is 0.630. The van der Waals surface area contributed by atoms with Gasteiger partial charge in [-0.15, -0.1) is 0 Å². The molecule has 0 aliphatic rings. The highest BCUT2D eigenvalue weighted by molar-refractivity contribution is 9.10. The summed E-state index contributed by atoms with van der Waals surface area (Å²) < 4.78 is 14.5. The Bertz CT molecular complexity index is 713. The number of nitrogen functional groups attached to an aromatic ring is 2. The molecule has 2 aromatic rings. The standard InChI is InChI=1S/C11H6BrClFN5/c12-6-2-1-4(8(14)7(6)13)9-5(3-15)10(16)19-11(17)18-9/h1-2H,(H4,16,17,18,19). The Labute approximate surface area is 121 Å². The summed E-state index contributed by atoms with van der Waals surface area (Å²) in [6, 6.07) is 4.79. The van der Waals surface area contributed by atoms with Gasteiger partial charge >= 0.3 is 0 Å². The fourth-order valence-electron chi connectivity index (χ4n) is 1.51. The van der Waals surface area contributed by atoms with Gasteiger partial charge in [0.05, 0.1) is 10.7 Å². The van der Waals surface area contributed by atoms with Gasteiger partial charge in [-0.25, -0.2) is 9.37 Å². The average Bonchev–Trinajstić information content (AvgIpc) is 2.35. The van der Waals surface area contributed by atoms with Crippen molar-refractivity contribution in [2.24, 2.45) is 0 Å². The van der Waals surface area contributed by atoms with Gasteiger partial charge in [-0.3, -0.25) is 0 Å². The zero-order valence-corrected chi connectivity index (χ0v) is 11.6. The van der Waals surface area contributed by atoms with Crippen LogP contribution in [-0.4, -0.2) is 9.97 Å². The minimum absolute atomic E-state index is 0.0133. The average molecular weight is 343 g/mol. The zero-order chi connectivity index (χ0) is 14.2. The highest BCUT2D eigenvalue weighted by Gasteiger charge is 2.19. The van der Waals surface area contributed by atoms with E-state index in [1.165, 1.54) is 12.1 Å². The number of aromatic nitrogens is 2. The van der Waals surface area contributed by atoms with Crippen molar-refractivity contribution in [3.8, 4) is 17.3 Å². The first kappa shape index (κ1) is 13.5. The molecular weight excluding hydrogens is 337 g/mol. The van der Waals surface area contributed by atoms with Gasteiger partial charge in [0.15, 0.2) is 5.82 Å². The lowest BCUT2D eigenvalue weighted by atomic mass is 10.1. The maximum absolute atomic E-state index is 14.1. The van der Waals surface area contributed by atoms with Crippen molar-refractivity contribution >= 4 is 39.3 Å². The second-order valence-corrected chi connectivity index (χ2v) is 4.76. The van der Waals surface area contributed by atoms with E-state index in [0.717, 1.165) is 0 Å². The van der Waals surface area contributed by atoms with Crippen LogP contribution in [0.4, 0.5) is 16.2 Å². The Balaban J connectivity index is 2.80. The first-order valence-electron chi connectivity index (χ1n) is 4.92. The molecular formula is C11H6BrClFN5. The van der Waals surface area contributed by atoms with Crippen LogP contribution in [0.5, 0.6) is 0 Å². The van der Waals surface area contributed by atoms with Crippen LogP contribution in [0, 0.1) is 17.1 Å². The van der Waals surface area contributed by atoms with Crippen molar-refractivity contribution in [2.45, 2.75) is 0 Å². The molecule has 1 aromatic carbocycles. The van der Waals surface area contributed by atoms with E-state index in [-0.39, 0.29) is 33.6 Å². The van der Waals surface area contributed by atoms with Crippen molar-refractivity contribution in [2.75, 3.05) is 11.5 Å². The van der Waals surface area contributed by atoms with E-state index in [4.69, 9.17) is 28.3 Å². The largest absolute Gasteiger partial charge is 0.382 e. The van der Waals surface area contributed by atoms with Crippen molar-refractivity contribution in [1.29, 1.82) is 5.26 Å². The Hall–Kier alpha value is -1.91. The second kappa shape index (κ2) is 4.99. The number of halogens is 3. The smallest absolute Gasteiger partial charge is 0.222 e. The molecule has 8 heteroatoms. The van der Waals surface area contributed by atoms with Gasteiger partial charge in [-0.2, -0.15) is 10.2 Å². The van der Waals surface area contributed by atoms with E-state index >= 15 is 0 Å². The predicted molar refractivity (Wildman–Crippen MR) is 73.7 cm³/mol. The number of benzene rings is 1. The molecule has 0 aliphatic heterocycles. The fraction of sp³-hybridized carbons (Fsp3) is 0. The molecule has 4 N–H and O–H groups in total. The summed E-state index contributed by atoms with van der Waals surface area (Å²) in [6.07, 6.45) is 0. The number of rotatable bonds is 1. The molecule has 5 nitrogen and oxygen atoms in total. The lowest BCUT2D eigenvalue weighted by Gasteiger charge is -2.09. The van der Waals surface area contributed by atoms with Gasteiger partial charge in [0.2, 0.25) is 5.95 Å². The van der Waals surface area contributed by atoms with Gasteiger partial charge < -0.3 is 11.5 Å². The van der Waals surface area contributed by atoms with Gasteiger partial charge in [0.25, 0.3) is 0 Å². The predicted octanol–water partition coefficient (Wildman–Crippen LogP) is 2.73. The summed E-state index contributed by atoms with van der Waals surface area (Å²) in [7, 11) is 0. The van der Waals surface area contributed by atoms with E-state index in [1.807, 2.05) is 6.07 Å². The summed E-state index contributed by atoms with van der Waals surface area (Å²) in [4.78, 5) is 7.51. The summed E-state index contributed by atoms with van der Waals surface area (Å²) in [5.41, 5.74) is 11.0. The number of nitriles is 1. The van der Waals surface area contributed by atoms with E-state index in [2.05, 4.69) is 25.9 Å². The molecule has 0 amide bonds. The third-order valence-corrected chi connectivity index (χ3v) is 3.62. The van der Waals surface area contributed by atoms with Crippen molar-refractivity contribution in [1.82, 2.24) is 9.97 Å². The highest BCUT2D eigenvalue weighted by Crippen LogP contribution is 2.34. The third kappa shape index (κ3) is 2.32. The number of hydrogen-bond acceptors (Lipinski definition) is 5.